The Balaban J connectivity index is 0.940. The Morgan fingerprint density at radius 2 is 1.65 bits per heavy atom. The van der Waals surface area contributed by atoms with E-state index in [4.69, 9.17) is 9.47 Å². The number of carbonyl (C=O) groups is 2. The summed E-state index contributed by atoms with van der Waals surface area (Å²) in [5.41, 5.74) is 4.13. The maximum absolute atomic E-state index is 13.5. The van der Waals surface area contributed by atoms with Crippen molar-refractivity contribution in [1.29, 1.82) is 0 Å². The zero-order valence-electron chi connectivity index (χ0n) is 27.0. The Hall–Kier alpha value is -4.43. The van der Waals surface area contributed by atoms with Crippen LogP contribution in [0.25, 0.3) is 5.57 Å². The lowest BCUT2D eigenvalue weighted by Gasteiger charge is -2.34. The van der Waals surface area contributed by atoms with Gasteiger partial charge in [-0.2, -0.15) is 0 Å². The summed E-state index contributed by atoms with van der Waals surface area (Å²) in [6.07, 6.45) is 16.4. The zero-order valence-corrected chi connectivity index (χ0v) is 28.6. The van der Waals surface area contributed by atoms with Crippen molar-refractivity contribution in [3.05, 3.63) is 130 Å². The molecular formula is C40H40BrFN2O4. The summed E-state index contributed by atoms with van der Waals surface area (Å²) in [4.78, 5) is 27.7. The Kier molecular flexibility index (Phi) is 10.9. The first-order valence-electron chi connectivity index (χ1n) is 16.6. The molecule has 0 radical (unpaired) electrons. The van der Waals surface area contributed by atoms with Crippen molar-refractivity contribution < 1.29 is 23.5 Å². The zero-order chi connectivity index (χ0) is 33.5. The summed E-state index contributed by atoms with van der Waals surface area (Å²) in [6, 6.07) is 20.3. The van der Waals surface area contributed by atoms with Crippen LogP contribution in [-0.4, -0.2) is 35.9 Å². The number of hydrogen-bond acceptors (Lipinski definition) is 4. The first-order valence-corrected chi connectivity index (χ1v) is 17.4. The summed E-state index contributed by atoms with van der Waals surface area (Å²) >= 11 is 3.15. The van der Waals surface area contributed by atoms with Gasteiger partial charge >= 0.3 is 0 Å². The van der Waals surface area contributed by atoms with Gasteiger partial charge in [0.15, 0.2) is 0 Å². The molecule has 3 aromatic carbocycles. The molecule has 6 nitrogen and oxygen atoms in total. The number of anilines is 1. The molecule has 248 valence electrons. The Morgan fingerprint density at radius 3 is 2.35 bits per heavy atom. The fraction of sp³-hybridized carbons (Fsp3) is 0.300. The van der Waals surface area contributed by atoms with Crippen LogP contribution in [0.5, 0.6) is 11.5 Å². The SMILES string of the molecule is CC1C=CC(C(=O)N2CCC(Oc3ccc(COc4ccc(C5=CCC=C(C(=O)Nc6ccc(F)c(Br)c6)C=C5)cc4)cc3)CC2)CC1. The number of rotatable bonds is 9. The molecule has 0 spiro atoms. The number of nitrogens with one attached hydrogen (secondary N) is 1. The van der Waals surface area contributed by atoms with Gasteiger partial charge in [-0.15, -0.1) is 0 Å². The van der Waals surface area contributed by atoms with Gasteiger partial charge in [-0.1, -0.05) is 61.6 Å². The van der Waals surface area contributed by atoms with Crippen molar-refractivity contribution in [3.8, 4) is 11.5 Å². The molecule has 2 unspecified atom stereocenters. The summed E-state index contributed by atoms with van der Waals surface area (Å²) in [5.74, 6) is 1.84. The van der Waals surface area contributed by atoms with E-state index in [2.05, 4.69) is 46.4 Å². The molecular weight excluding hydrogens is 671 g/mol. The Bertz CT molecular complexity index is 1740. The van der Waals surface area contributed by atoms with Crippen molar-refractivity contribution in [3.63, 3.8) is 0 Å². The molecule has 2 atom stereocenters. The number of ether oxygens (including phenoxy) is 2. The molecule has 1 heterocycles. The number of carbonyl (C=O) groups excluding carboxylic acids is 2. The summed E-state index contributed by atoms with van der Waals surface area (Å²) in [7, 11) is 0. The number of halogens is 2. The second kappa shape index (κ2) is 15.6. The molecule has 0 aromatic heterocycles. The highest BCUT2D eigenvalue weighted by atomic mass is 79.9. The minimum absolute atomic E-state index is 0.0368. The fourth-order valence-electron chi connectivity index (χ4n) is 6.15. The number of hydrogen-bond donors (Lipinski definition) is 1. The molecule has 3 aliphatic rings. The predicted molar refractivity (Wildman–Crippen MR) is 191 cm³/mol. The second-order valence-corrected chi connectivity index (χ2v) is 13.5. The van der Waals surface area contributed by atoms with Crippen LogP contribution < -0.4 is 14.8 Å². The molecule has 2 amide bonds. The number of likely N-dealkylation sites (tertiary alicyclic amines) is 1. The van der Waals surface area contributed by atoms with E-state index >= 15 is 0 Å². The number of piperidine rings is 1. The first kappa shape index (κ1) is 33.5. The number of nitrogens with zero attached hydrogens (tertiary/aromatic N) is 1. The maximum Gasteiger partial charge on any atom is 0.255 e. The van der Waals surface area contributed by atoms with Crippen LogP contribution >= 0.6 is 15.9 Å². The van der Waals surface area contributed by atoms with Gasteiger partial charge in [0.25, 0.3) is 5.91 Å². The maximum atomic E-state index is 13.5. The number of allylic oxidation sites excluding steroid dienone is 5. The van der Waals surface area contributed by atoms with E-state index in [1.165, 1.54) is 18.2 Å². The van der Waals surface area contributed by atoms with Crippen LogP contribution in [0.3, 0.4) is 0 Å². The second-order valence-electron chi connectivity index (χ2n) is 12.6. The van der Waals surface area contributed by atoms with E-state index in [0.29, 0.717) is 34.7 Å². The molecule has 0 saturated carbocycles. The quantitative estimate of drug-likeness (QED) is 0.225. The third-order valence-electron chi connectivity index (χ3n) is 9.05. The van der Waals surface area contributed by atoms with Gasteiger partial charge in [0, 0.05) is 37.2 Å². The lowest BCUT2D eigenvalue weighted by Crippen LogP contribution is -2.44. The molecule has 2 aliphatic carbocycles. The fourth-order valence-corrected chi connectivity index (χ4v) is 6.53. The Morgan fingerprint density at radius 1 is 0.896 bits per heavy atom. The third kappa shape index (κ3) is 8.72. The summed E-state index contributed by atoms with van der Waals surface area (Å²) < 4.78 is 26.1. The van der Waals surface area contributed by atoms with Gasteiger partial charge in [-0.05, 0) is 106 Å². The highest BCUT2D eigenvalue weighted by Crippen LogP contribution is 2.28. The van der Waals surface area contributed by atoms with E-state index in [-0.39, 0.29) is 29.7 Å². The molecule has 0 bridgehead atoms. The van der Waals surface area contributed by atoms with Gasteiger partial charge in [-0.3, -0.25) is 9.59 Å². The molecule has 1 fully saturated rings. The molecule has 1 aliphatic heterocycles. The summed E-state index contributed by atoms with van der Waals surface area (Å²) in [5, 5.41) is 2.82. The average Bonchev–Trinajstić information content (AvgIpc) is 3.37. The smallest absolute Gasteiger partial charge is 0.255 e. The van der Waals surface area contributed by atoms with Crippen LogP contribution in [0, 0.1) is 17.7 Å². The highest BCUT2D eigenvalue weighted by Gasteiger charge is 2.29. The van der Waals surface area contributed by atoms with Crippen molar-refractivity contribution in [2.24, 2.45) is 11.8 Å². The highest BCUT2D eigenvalue weighted by molar-refractivity contribution is 9.10. The number of benzene rings is 3. The van der Waals surface area contributed by atoms with Crippen LogP contribution in [0.15, 0.2) is 113 Å². The Labute approximate surface area is 290 Å². The first-order chi connectivity index (χ1) is 23.3. The molecule has 1 saturated heterocycles. The predicted octanol–water partition coefficient (Wildman–Crippen LogP) is 9.05. The molecule has 48 heavy (non-hydrogen) atoms. The van der Waals surface area contributed by atoms with E-state index in [0.717, 1.165) is 67.0 Å². The van der Waals surface area contributed by atoms with Gasteiger partial charge < -0.3 is 19.7 Å². The van der Waals surface area contributed by atoms with E-state index in [9.17, 15) is 14.0 Å². The van der Waals surface area contributed by atoms with Gasteiger partial charge in [-0.25, -0.2) is 4.39 Å². The molecule has 1 N–H and O–H groups in total. The van der Waals surface area contributed by atoms with E-state index in [1.54, 1.807) is 6.08 Å². The van der Waals surface area contributed by atoms with Crippen LogP contribution in [-0.2, 0) is 16.2 Å². The minimum atomic E-state index is -0.382. The largest absolute Gasteiger partial charge is 0.490 e. The molecule has 6 rings (SSSR count). The molecule has 8 heteroatoms. The van der Waals surface area contributed by atoms with Crippen LogP contribution in [0.1, 0.15) is 50.2 Å². The lowest BCUT2D eigenvalue weighted by molar-refractivity contribution is -0.136. The molecule has 3 aromatic rings. The van der Waals surface area contributed by atoms with E-state index < -0.39 is 0 Å². The van der Waals surface area contributed by atoms with Crippen molar-refractivity contribution >= 4 is 39.0 Å². The van der Waals surface area contributed by atoms with Crippen molar-refractivity contribution in [1.82, 2.24) is 4.90 Å². The van der Waals surface area contributed by atoms with Crippen molar-refractivity contribution in [2.45, 2.75) is 51.7 Å². The minimum Gasteiger partial charge on any atom is -0.490 e. The lowest BCUT2D eigenvalue weighted by atomic mass is 9.88. The topological polar surface area (TPSA) is 67.9 Å². The van der Waals surface area contributed by atoms with Crippen molar-refractivity contribution in [2.75, 3.05) is 18.4 Å². The average molecular weight is 712 g/mol. The standard InChI is InChI=1S/C40H40BrFN2O4/c1-27-5-9-32(10-6-27)40(46)44-23-21-36(22-24-44)48-35-16-7-28(8-17-35)26-47-34-18-13-30(14-19-34)29-3-2-4-31(12-11-29)39(45)43-33-15-20-38(42)37(41)25-33/h3-5,7-9,11-20,25,27,32,36H,2,6,10,21-24,26H2,1H3,(H,43,45). The summed E-state index contributed by atoms with van der Waals surface area (Å²) in [6.45, 7) is 4.12. The number of amides is 2. The normalized spacial score (nSPS) is 19.6. The van der Waals surface area contributed by atoms with E-state index in [1.807, 2.05) is 65.6 Å². The van der Waals surface area contributed by atoms with Crippen LogP contribution in [0.4, 0.5) is 10.1 Å². The van der Waals surface area contributed by atoms with Gasteiger partial charge in [0.2, 0.25) is 5.91 Å². The van der Waals surface area contributed by atoms with Gasteiger partial charge in [0.1, 0.15) is 30.0 Å². The third-order valence-corrected chi connectivity index (χ3v) is 9.66. The van der Waals surface area contributed by atoms with Gasteiger partial charge in [0.05, 0.1) is 10.4 Å². The monoisotopic (exact) mass is 710 g/mol. The van der Waals surface area contributed by atoms with Crippen LogP contribution in [0.2, 0.25) is 0 Å².